The molecule has 2 N–H and O–H groups in total. The lowest BCUT2D eigenvalue weighted by molar-refractivity contribution is 0.535. The van der Waals surface area contributed by atoms with Gasteiger partial charge in [-0.15, -0.1) is 0 Å². The van der Waals surface area contributed by atoms with Gasteiger partial charge in [0.05, 0.1) is 6.26 Å². The highest BCUT2D eigenvalue weighted by Gasteiger charge is 2.10. The topological polar surface area (TPSA) is 65.2 Å². The van der Waals surface area contributed by atoms with Gasteiger partial charge in [-0.05, 0) is 29.8 Å². The molecule has 0 saturated carbocycles. The monoisotopic (exact) mass is 214 g/mol. The zero-order valence-corrected chi connectivity index (χ0v) is 8.51. The summed E-state index contributed by atoms with van der Waals surface area (Å²) in [6, 6.07) is 9.34. The number of oxazole rings is 1. The molecular weight excluding hydrogens is 204 g/mol. The van der Waals surface area contributed by atoms with E-state index in [-0.39, 0.29) is 0 Å². The third kappa shape index (κ3) is 1.40. The number of rotatable bonds is 2. The van der Waals surface area contributed by atoms with Crippen LogP contribution in [-0.2, 0) is 6.54 Å². The standard InChI is InChI=1S/C12H10N2O2/c13-7-8-3-4-10-9(6-8)14-12(16-10)11-2-1-5-15-11/h1-6H,7,13H2. The summed E-state index contributed by atoms with van der Waals surface area (Å²) in [5.74, 6) is 1.12. The number of furan rings is 1. The third-order valence-electron chi connectivity index (χ3n) is 2.42. The lowest BCUT2D eigenvalue weighted by Crippen LogP contribution is -1.94. The van der Waals surface area contributed by atoms with Crippen LogP contribution in [0.3, 0.4) is 0 Å². The van der Waals surface area contributed by atoms with Gasteiger partial charge < -0.3 is 14.6 Å². The molecule has 0 aliphatic heterocycles. The smallest absolute Gasteiger partial charge is 0.263 e. The molecule has 0 unspecified atom stereocenters. The highest BCUT2D eigenvalue weighted by Crippen LogP contribution is 2.24. The van der Waals surface area contributed by atoms with Gasteiger partial charge in [0.15, 0.2) is 11.3 Å². The number of hydrogen-bond acceptors (Lipinski definition) is 4. The van der Waals surface area contributed by atoms with Crippen molar-refractivity contribution in [3.63, 3.8) is 0 Å². The Morgan fingerprint density at radius 2 is 2.19 bits per heavy atom. The minimum Gasteiger partial charge on any atom is -0.459 e. The molecule has 0 radical (unpaired) electrons. The molecule has 3 rings (SSSR count). The van der Waals surface area contributed by atoms with Crippen molar-refractivity contribution in [1.82, 2.24) is 4.98 Å². The molecule has 2 aromatic heterocycles. The van der Waals surface area contributed by atoms with E-state index in [1.54, 1.807) is 12.3 Å². The molecule has 0 saturated heterocycles. The summed E-state index contributed by atoms with van der Waals surface area (Å²) in [6.07, 6.45) is 1.59. The van der Waals surface area contributed by atoms with Gasteiger partial charge in [-0.2, -0.15) is 0 Å². The molecule has 0 amide bonds. The summed E-state index contributed by atoms with van der Waals surface area (Å²) in [5.41, 5.74) is 8.14. The van der Waals surface area contributed by atoms with Crippen LogP contribution in [0, 0.1) is 0 Å². The van der Waals surface area contributed by atoms with Gasteiger partial charge in [0, 0.05) is 6.54 Å². The zero-order chi connectivity index (χ0) is 11.0. The van der Waals surface area contributed by atoms with Crippen molar-refractivity contribution in [3.8, 4) is 11.7 Å². The Balaban J connectivity index is 2.16. The second-order valence-electron chi connectivity index (χ2n) is 3.50. The maximum Gasteiger partial charge on any atom is 0.263 e. The van der Waals surface area contributed by atoms with E-state index < -0.39 is 0 Å². The van der Waals surface area contributed by atoms with E-state index in [1.807, 2.05) is 24.3 Å². The Morgan fingerprint density at radius 1 is 1.25 bits per heavy atom. The maximum atomic E-state index is 5.57. The Bertz CT molecular complexity index is 611. The van der Waals surface area contributed by atoms with Gasteiger partial charge in [-0.3, -0.25) is 0 Å². The molecule has 0 atom stereocenters. The van der Waals surface area contributed by atoms with E-state index in [1.165, 1.54) is 0 Å². The fourth-order valence-corrected chi connectivity index (χ4v) is 1.61. The number of nitrogens with zero attached hydrogens (tertiary/aromatic N) is 1. The molecule has 2 heterocycles. The molecule has 0 bridgehead atoms. The van der Waals surface area contributed by atoms with E-state index in [4.69, 9.17) is 14.6 Å². The lowest BCUT2D eigenvalue weighted by atomic mass is 10.2. The van der Waals surface area contributed by atoms with E-state index in [0.29, 0.717) is 18.2 Å². The number of nitrogens with two attached hydrogens (primary N) is 1. The molecule has 16 heavy (non-hydrogen) atoms. The Labute approximate surface area is 91.7 Å². The Hall–Kier alpha value is -2.07. The van der Waals surface area contributed by atoms with Gasteiger partial charge in [-0.25, -0.2) is 4.98 Å². The molecule has 0 aliphatic rings. The van der Waals surface area contributed by atoms with Crippen LogP contribution in [0.5, 0.6) is 0 Å². The largest absolute Gasteiger partial charge is 0.459 e. The first kappa shape index (κ1) is 9.18. The summed E-state index contributed by atoms with van der Waals surface area (Å²) in [6.45, 7) is 0.499. The number of hydrogen-bond donors (Lipinski definition) is 1. The second kappa shape index (κ2) is 3.50. The molecule has 4 heteroatoms. The van der Waals surface area contributed by atoms with Crippen LogP contribution in [0.1, 0.15) is 5.56 Å². The SMILES string of the molecule is NCc1ccc2oc(-c3ccco3)nc2c1. The van der Waals surface area contributed by atoms with Crippen molar-refractivity contribution in [1.29, 1.82) is 0 Å². The van der Waals surface area contributed by atoms with Crippen LogP contribution in [0.4, 0.5) is 0 Å². The van der Waals surface area contributed by atoms with Crippen molar-refractivity contribution < 1.29 is 8.83 Å². The van der Waals surface area contributed by atoms with Gasteiger partial charge in [0.1, 0.15) is 5.52 Å². The first-order chi connectivity index (χ1) is 7.86. The highest BCUT2D eigenvalue weighted by molar-refractivity contribution is 5.76. The first-order valence-electron chi connectivity index (χ1n) is 5.00. The quantitative estimate of drug-likeness (QED) is 0.711. The van der Waals surface area contributed by atoms with Gasteiger partial charge >= 0.3 is 0 Å². The maximum absolute atomic E-state index is 5.57. The Kier molecular flexibility index (Phi) is 2.01. The van der Waals surface area contributed by atoms with Crippen molar-refractivity contribution in [3.05, 3.63) is 42.2 Å². The Morgan fingerprint density at radius 3 is 2.94 bits per heavy atom. The lowest BCUT2D eigenvalue weighted by Gasteiger charge is -1.92. The molecule has 0 aliphatic carbocycles. The van der Waals surface area contributed by atoms with Crippen LogP contribution < -0.4 is 5.73 Å². The fraction of sp³-hybridized carbons (Fsp3) is 0.0833. The molecule has 0 fully saturated rings. The summed E-state index contributed by atoms with van der Waals surface area (Å²) in [5, 5.41) is 0. The predicted molar refractivity (Wildman–Crippen MR) is 59.6 cm³/mol. The minimum absolute atomic E-state index is 0.495. The second-order valence-corrected chi connectivity index (χ2v) is 3.50. The molecular formula is C12H10N2O2. The van der Waals surface area contributed by atoms with E-state index in [0.717, 1.165) is 16.7 Å². The van der Waals surface area contributed by atoms with E-state index >= 15 is 0 Å². The molecule has 4 nitrogen and oxygen atoms in total. The minimum atomic E-state index is 0.495. The third-order valence-corrected chi connectivity index (χ3v) is 2.42. The predicted octanol–water partition coefficient (Wildman–Crippen LogP) is 2.55. The van der Waals surface area contributed by atoms with Crippen LogP contribution in [0.2, 0.25) is 0 Å². The van der Waals surface area contributed by atoms with Crippen LogP contribution in [-0.4, -0.2) is 4.98 Å². The average Bonchev–Trinajstić information content (AvgIpc) is 2.96. The summed E-state index contributed by atoms with van der Waals surface area (Å²) < 4.78 is 10.8. The highest BCUT2D eigenvalue weighted by atomic mass is 16.4. The number of benzene rings is 1. The normalized spacial score (nSPS) is 11.1. The van der Waals surface area contributed by atoms with Gasteiger partial charge in [0.25, 0.3) is 5.89 Å². The molecule has 0 spiro atoms. The van der Waals surface area contributed by atoms with Crippen molar-refractivity contribution in [2.45, 2.75) is 6.54 Å². The van der Waals surface area contributed by atoms with Crippen LogP contribution >= 0.6 is 0 Å². The van der Waals surface area contributed by atoms with Gasteiger partial charge in [-0.1, -0.05) is 6.07 Å². The molecule has 3 aromatic rings. The molecule has 80 valence electrons. The molecule has 1 aromatic carbocycles. The van der Waals surface area contributed by atoms with Gasteiger partial charge in [0.2, 0.25) is 0 Å². The van der Waals surface area contributed by atoms with E-state index in [9.17, 15) is 0 Å². The summed E-state index contributed by atoms with van der Waals surface area (Å²) in [7, 11) is 0. The fourth-order valence-electron chi connectivity index (χ4n) is 1.61. The summed E-state index contributed by atoms with van der Waals surface area (Å²) in [4.78, 5) is 4.35. The van der Waals surface area contributed by atoms with Crippen LogP contribution in [0.25, 0.3) is 22.8 Å². The zero-order valence-electron chi connectivity index (χ0n) is 8.51. The van der Waals surface area contributed by atoms with Crippen molar-refractivity contribution in [2.75, 3.05) is 0 Å². The van der Waals surface area contributed by atoms with Crippen molar-refractivity contribution in [2.24, 2.45) is 5.73 Å². The number of aromatic nitrogens is 1. The summed E-state index contributed by atoms with van der Waals surface area (Å²) >= 11 is 0. The number of fused-ring (bicyclic) bond motifs is 1. The average molecular weight is 214 g/mol. The van der Waals surface area contributed by atoms with E-state index in [2.05, 4.69) is 4.98 Å². The van der Waals surface area contributed by atoms with Crippen LogP contribution in [0.15, 0.2) is 45.4 Å². The first-order valence-corrected chi connectivity index (χ1v) is 5.00. The van der Waals surface area contributed by atoms with Crippen molar-refractivity contribution >= 4 is 11.1 Å².